The van der Waals surface area contributed by atoms with Crippen LogP contribution in [0, 0.1) is 0 Å². The van der Waals surface area contributed by atoms with Crippen LogP contribution in [-0.4, -0.2) is 64.2 Å². The number of nitrogens with one attached hydrogen (secondary N) is 4. The van der Waals surface area contributed by atoms with Crippen molar-refractivity contribution >= 4 is 43.2 Å². The Kier molecular flexibility index (Phi) is 11.2. The molecule has 2 rings (SSSR count). The van der Waals surface area contributed by atoms with Gasteiger partial charge in [0.25, 0.3) is 0 Å². The van der Waals surface area contributed by atoms with E-state index in [1.807, 2.05) is 0 Å². The highest BCUT2D eigenvalue weighted by molar-refractivity contribution is 7.89. The number of aliphatic hydroxyl groups is 2. The van der Waals surface area contributed by atoms with Gasteiger partial charge >= 0.3 is 0 Å². The van der Waals surface area contributed by atoms with Crippen LogP contribution in [-0.2, 0) is 29.6 Å². The topological polar surface area (TPSA) is 191 Å². The SMILES string of the molecule is CC(O)CNS(=O)(=O)c1ccc(NC(=O)CCCC(=O)Nc2ccc(S(=O)(=O)NCC(C)O)cc2)cc1. The second-order valence-electron chi connectivity index (χ2n) is 8.40. The maximum Gasteiger partial charge on any atom is 0.240 e. The van der Waals surface area contributed by atoms with Gasteiger partial charge in [0.1, 0.15) is 0 Å². The summed E-state index contributed by atoms with van der Waals surface area (Å²) in [4.78, 5) is 24.3. The van der Waals surface area contributed by atoms with E-state index in [-0.39, 0.29) is 54.0 Å². The van der Waals surface area contributed by atoms with Crippen LogP contribution in [0.5, 0.6) is 0 Å². The lowest BCUT2D eigenvalue weighted by Gasteiger charge is -2.10. The van der Waals surface area contributed by atoms with Crippen LogP contribution >= 0.6 is 0 Å². The van der Waals surface area contributed by atoms with Crippen LogP contribution in [0.4, 0.5) is 11.4 Å². The Hall–Kier alpha value is -2.88. The Morgan fingerprint density at radius 2 is 1.00 bits per heavy atom. The molecule has 204 valence electrons. The summed E-state index contributed by atoms with van der Waals surface area (Å²) < 4.78 is 53.1. The van der Waals surface area contributed by atoms with Crippen LogP contribution < -0.4 is 20.1 Å². The molecule has 0 saturated heterocycles. The number of rotatable bonds is 14. The molecule has 2 atom stereocenters. The van der Waals surface area contributed by atoms with Gasteiger partial charge in [-0.2, -0.15) is 0 Å². The monoisotopic (exact) mass is 556 g/mol. The fraction of sp³-hybridized carbons (Fsp3) is 0.391. The lowest BCUT2D eigenvalue weighted by atomic mass is 10.2. The second kappa shape index (κ2) is 13.6. The van der Waals surface area contributed by atoms with Crippen molar-refractivity contribution in [1.29, 1.82) is 0 Å². The van der Waals surface area contributed by atoms with E-state index >= 15 is 0 Å². The maximum absolute atomic E-state index is 12.2. The maximum atomic E-state index is 12.2. The molecule has 0 bridgehead atoms. The van der Waals surface area contributed by atoms with Crippen molar-refractivity contribution in [2.75, 3.05) is 23.7 Å². The van der Waals surface area contributed by atoms with Crippen LogP contribution in [0.1, 0.15) is 33.1 Å². The zero-order valence-electron chi connectivity index (χ0n) is 20.5. The zero-order chi connectivity index (χ0) is 27.6. The molecule has 0 aromatic heterocycles. The van der Waals surface area contributed by atoms with Gasteiger partial charge in [0.05, 0.1) is 22.0 Å². The van der Waals surface area contributed by atoms with E-state index in [2.05, 4.69) is 20.1 Å². The molecule has 2 aromatic rings. The van der Waals surface area contributed by atoms with Crippen molar-refractivity contribution in [3.63, 3.8) is 0 Å². The third-order valence-electron chi connectivity index (χ3n) is 4.84. The van der Waals surface area contributed by atoms with Crippen LogP contribution in [0.15, 0.2) is 58.3 Å². The van der Waals surface area contributed by atoms with Gasteiger partial charge < -0.3 is 20.8 Å². The lowest BCUT2D eigenvalue weighted by molar-refractivity contribution is -0.117. The van der Waals surface area contributed by atoms with Gasteiger partial charge in [-0.25, -0.2) is 26.3 Å². The number of hydrogen-bond acceptors (Lipinski definition) is 8. The van der Waals surface area contributed by atoms with E-state index in [4.69, 9.17) is 0 Å². The summed E-state index contributed by atoms with van der Waals surface area (Å²) in [5, 5.41) is 23.7. The van der Waals surface area contributed by atoms with Crippen molar-refractivity contribution in [1.82, 2.24) is 9.44 Å². The van der Waals surface area contributed by atoms with Crippen molar-refractivity contribution in [2.45, 2.75) is 55.1 Å². The molecule has 2 aromatic carbocycles. The van der Waals surface area contributed by atoms with E-state index in [0.29, 0.717) is 11.4 Å². The Bertz CT molecular complexity index is 1160. The van der Waals surface area contributed by atoms with Gasteiger partial charge in [-0.1, -0.05) is 0 Å². The molecule has 2 amide bonds. The summed E-state index contributed by atoms with van der Waals surface area (Å²) >= 11 is 0. The smallest absolute Gasteiger partial charge is 0.240 e. The Balaban J connectivity index is 1.78. The van der Waals surface area contributed by atoms with Crippen LogP contribution in [0.25, 0.3) is 0 Å². The largest absolute Gasteiger partial charge is 0.392 e. The van der Waals surface area contributed by atoms with Crippen molar-refractivity contribution in [2.24, 2.45) is 0 Å². The minimum atomic E-state index is -3.78. The first-order valence-corrected chi connectivity index (χ1v) is 14.4. The first kappa shape index (κ1) is 30.3. The summed E-state index contributed by atoms with van der Waals surface area (Å²) in [6, 6.07) is 11.0. The molecule has 14 heteroatoms. The van der Waals surface area contributed by atoms with Gasteiger partial charge in [0.15, 0.2) is 0 Å². The number of aliphatic hydroxyl groups excluding tert-OH is 2. The first-order valence-electron chi connectivity index (χ1n) is 11.4. The molecule has 0 aliphatic rings. The van der Waals surface area contributed by atoms with Crippen molar-refractivity contribution in [3.8, 4) is 0 Å². The molecule has 12 nitrogen and oxygen atoms in total. The average molecular weight is 557 g/mol. The molecule has 0 aliphatic heterocycles. The number of benzene rings is 2. The summed E-state index contributed by atoms with van der Waals surface area (Å²) in [6.45, 7) is 2.67. The summed E-state index contributed by atoms with van der Waals surface area (Å²) in [6.07, 6.45) is -1.30. The summed E-state index contributed by atoms with van der Waals surface area (Å²) in [7, 11) is -7.55. The number of carbonyl (C=O) groups is 2. The third kappa shape index (κ3) is 10.6. The molecule has 0 aliphatic carbocycles. The standard InChI is InChI=1S/C23H32N4O8S2/c1-16(28)14-24-36(32,33)20-10-6-18(7-11-20)26-22(30)4-3-5-23(31)27-19-8-12-21(13-9-19)37(34,35)25-15-17(2)29/h6-13,16-17,24-25,28-29H,3-5,14-15H2,1-2H3,(H,26,30)(H,27,31). The number of sulfonamides is 2. The molecule has 37 heavy (non-hydrogen) atoms. The quantitative estimate of drug-likeness (QED) is 0.196. The van der Waals surface area contributed by atoms with Gasteiger partial charge in [-0.15, -0.1) is 0 Å². The highest BCUT2D eigenvalue weighted by Crippen LogP contribution is 2.16. The normalized spacial score (nSPS) is 13.5. The lowest BCUT2D eigenvalue weighted by Crippen LogP contribution is -2.30. The van der Waals surface area contributed by atoms with E-state index in [1.54, 1.807) is 0 Å². The fourth-order valence-electron chi connectivity index (χ4n) is 2.92. The van der Waals surface area contributed by atoms with Crippen molar-refractivity contribution < 1.29 is 36.6 Å². The Morgan fingerprint density at radius 3 is 1.30 bits per heavy atom. The predicted octanol–water partition coefficient (Wildman–Crippen LogP) is 0.752. The van der Waals surface area contributed by atoms with Gasteiger partial charge in [-0.05, 0) is 68.8 Å². The van der Waals surface area contributed by atoms with Crippen LogP contribution in [0.2, 0.25) is 0 Å². The van der Waals surface area contributed by atoms with Gasteiger partial charge in [-0.3, -0.25) is 9.59 Å². The fourth-order valence-corrected chi connectivity index (χ4v) is 5.16. The number of anilines is 2. The summed E-state index contributed by atoms with van der Waals surface area (Å²) in [5.74, 6) is -0.704. The van der Waals surface area contributed by atoms with Gasteiger partial charge in [0.2, 0.25) is 31.9 Å². The molecule has 0 fully saturated rings. The number of carbonyl (C=O) groups excluding carboxylic acids is 2. The molecule has 0 saturated carbocycles. The number of amides is 2. The summed E-state index contributed by atoms with van der Waals surface area (Å²) in [5.41, 5.74) is 0.781. The second-order valence-corrected chi connectivity index (χ2v) is 11.9. The molecule has 6 N–H and O–H groups in total. The molecule has 0 radical (unpaired) electrons. The van der Waals surface area contributed by atoms with E-state index in [0.717, 1.165) is 0 Å². The Labute approximate surface area is 216 Å². The highest BCUT2D eigenvalue weighted by Gasteiger charge is 2.16. The molecule has 2 unspecified atom stereocenters. The minimum absolute atomic E-state index is 0.00975. The molecule has 0 heterocycles. The molecular weight excluding hydrogens is 524 g/mol. The van der Waals surface area contributed by atoms with Crippen LogP contribution in [0.3, 0.4) is 0 Å². The minimum Gasteiger partial charge on any atom is -0.392 e. The number of hydrogen-bond donors (Lipinski definition) is 6. The molecular formula is C23H32N4O8S2. The van der Waals surface area contributed by atoms with E-state index in [1.165, 1.54) is 62.4 Å². The van der Waals surface area contributed by atoms with E-state index < -0.39 is 32.3 Å². The highest BCUT2D eigenvalue weighted by atomic mass is 32.2. The first-order chi connectivity index (χ1) is 17.3. The molecule has 0 spiro atoms. The third-order valence-corrected chi connectivity index (χ3v) is 7.72. The van der Waals surface area contributed by atoms with E-state index in [9.17, 15) is 36.6 Å². The predicted molar refractivity (Wildman–Crippen MR) is 138 cm³/mol. The van der Waals surface area contributed by atoms with Crippen molar-refractivity contribution in [3.05, 3.63) is 48.5 Å². The average Bonchev–Trinajstić information content (AvgIpc) is 2.82. The Morgan fingerprint density at radius 1 is 0.676 bits per heavy atom. The van der Waals surface area contributed by atoms with Gasteiger partial charge in [0, 0.05) is 37.3 Å². The zero-order valence-corrected chi connectivity index (χ0v) is 22.1.